The third-order valence-corrected chi connectivity index (χ3v) is 8.41. The van der Waals surface area contributed by atoms with Gasteiger partial charge in [0.1, 0.15) is 6.54 Å². The predicted molar refractivity (Wildman–Crippen MR) is 149 cm³/mol. The first kappa shape index (κ1) is 26.4. The Morgan fingerprint density at radius 1 is 1.08 bits per heavy atom. The number of nitrogens with zero attached hydrogens (tertiary/aromatic N) is 2. The van der Waals surface area contributed by atoms with Crippen molar-refractivity contribution in [2.75, 3.05) is 13.1 Å². The topological polar surface area (TPSA) is 40.6 Å². The van der Waals surface area contributed by atoms with Crippen LogP contribution in [0.3, 0.4) is 0 Å². The highest BCUT2D eigenvalue weighted by molar-refractivity contribution is 7.10. The SMILES string of the molecule is CC[C@@H](C)N(CC(=O)N1CCc2sccc2[C@@H]1c1ccc(Cl)cc1)C(=O)c1ccc(C(C)(C)C)cc1. The molecular weight excluding hydrogens is 488 g/mol. The van der Waals surface area contributed by atoms with Gasteiger partial charge in [-0.15, -0.1) is 11.3 Å². The van der Waals surface area contributed by atoms with E-state index >= 15 is 0 Å². The number of carbonyl (C=O) groups excluding carboxylic acids is 2. The average molecular weight is 523 g/mol. The zero-order valence-electron chi connectivity index (χ0n) is 21.8. The van der Waals surface area contributed by atoms with E-state index in [1.807, 2.05) is 67.3 Å². The number of rotatable bonds is 6. The van der Waals surface area contributed by atoms with Crippen molar-refractivity contribution < 1.29 is 9.59 Å². The van der Waals surface area contributed by atoms with Gasteiger partial charge in [0.05, 0.1) is 6.04 Å². The summed E-state index contributed by atoms with van der Waals surface area (Å²) in [6.45, 7) is 11.2. The molecule has 2 amide bonds. The lowest BCUT2D eigenvalue weighted by Crippen LogP contribution is -2.49. The number of thiophene rings is 1. The van der Waals surface area contributed by atoms with Gasteiger partial charge in [0.2, 0.25) is 5.91 Å². The van der Waals surface area contributed by atoms with Gasteiger partial charge in [0, 0.05) is 28.0 Å². The summed E-state index contributed by atoms with van der Waals surface area (Å²) in [5, 5.41) is 2.77. The third-order valence-electron chi connectivity index (χ3n) is 7.16. The van der Waals surface area contributed by atoms with E-state index in [4.69, 9.17) is 11.6 Å². The van der Waals surface area contributed by atoms with Crippen molar-refractivity contribution in [2.45, 2.75) is 65.0 Å². The molecule has 2 heterocycles. The Kier molecular flexibility index (Phi) is 7.91. The van der Waals surface area contributed by atoms with Gasteiger partial charge in [-0.25, -0.2) is 0 Å². The van der Waals surface area contributed by atoms with E-state index in [1.54, 1.807) is 16.2 Å². The van der Waals surface area contributed by atoms with Crippen LogP contribution in [0.2, 0.25) is 5.02 Å². The van der Waals surface area contributed by atoms with Crippen molar-refractivity contribution in [1.82, 2.24) is 9.80 Å². The highest BCUT2D eigenvalue weighted by Crippen LogP contribution is 2.38. The van der Waals surface area contributed by atoms with E-state index in [0.717, 1.165) is 18.4 Å². The lowest BCUT2D eigenvalue weighted by Gasteiger charge is -2.38. The van der Waals surface area contributed by atoms with Gasteiger partial charge in [-0.2, -0.15) is 0 Å². The largest absolute Gasteiger partial charge is 0.330 e. The van der Waals surface area contributed by atoms with Crippen LogP contribution in [0.5, 0.6) is 0 Å². The quantitative estimate of drug-likeness (QED) is 0.346. The molecule has 0 spiro atoms. The molecule has 190 valence electrons. The Morgan fingerprint density at radius 2 is 1.75 bits per heavy atom. The molecule has 1 aliphatic heterocycles. The van der Waals surface area contributed by atoms with Gasteiger partial charge in [0.15, 0.2) is 0 Å². The second kappa shape index (κ2) is 10.8. The minimum absolute atomic E-state index is 0.0133. The van der Waals surface area contributed by atoms with Crippen LogP contribution in [0.4, 0.5) is 0 Å². The van der Waals surface area contributed by atoms with E-state index in [0.29, 0.717) is 17.1 Å². The van der Waals surface area contributed by atoms with Crippen molar-refractivity contribution in [1.29, 1.82) is 0 Å². The Hall–Kier alpha value is -2.63. The van der Waals surface area contributed by atoms with E-state index in [2.05, 4.69) is 32.2 Å². The molecule has 1 aromatic heterocycles. The fraction of sp³-hybridized carbons (Fsp3) is 0.400. The first-order valence-electron chi connectivity index (χ1n) is 12.6. The first-order chi connectivity index (χ1) is 17.1. The number of carbonyl (C=O) groups is 2. The van der Waals surface area contributed by atoms with Crippen LogP contribution in [0.1, 0.15) is 79.0 Å². The number of halogens is 1. The Labute approximate surface area is 223 Å². The predicted octanol–water partition coefficient (Wildman–Crippen LogP) is 7.11. The molecule has 0 saturated carbocycles. The molecule has 0 radical (unpaired) electrons. The molecule has 0 saturated heterocycles. The summed E-state index contributed by atoms with van der Waals surface area (Å²) in [7, 11) is 0. The lowest BCUT2D eigenvalue weighted by atomic mass is 9.86. The third kappa shape index (κ3) is 5.52. The number of hydrogen-bond acceptors (Lipinski definition) is 3. The number of hydrogen-bond donors (Lipinski definition) is 0. The first-order valence-corrected chi connectivity index (χ1v) is 13.9. The minimum atomic E-state index is -0.176. The van der Waals surface area contributed by atoms with Crippen LogP contribution >= 0.6 is 22.9 Å². The second-order valence-corrected chi connectivity index (χ2v) is 12.0. The van der Waals surface area contributed by atoms with Crippen molar-refractivity contribution in [2.24, 2.45) is 0 Å². The van der Waals surface area contributed by atoms with Crippen molar-refractivity contribution in [3.05, 3.63) is 92.1 Å². The number of fused-ring (bicyclic) bond motifs is 1. The molecule has 36 heavy (non-hydrogen) atoms. The molecule has 0 aliphatic carbocycles. The fourth-order valence-electron chi connectivity index (χ4n) is 4.75. The maximum absolute atomic E-state index is 13.8. The molecule has 6 heteroatoms. The van der Waals surface area contributed by atoms with Crippen LogP contribution in [0, 0.1) is 0 Å². The summed E-state index contributed by atoms with van der Waals surface area (Å²) in [6, 6.07) is 17.4. The van der Waals surface area contributed by atoms with Gasteiger partial charge in [0.25, 0.3) is 5.91 Å². The second-order valence-electron chi connectivity index (χ2n) is 10.6. The van der Waals surface area contributed by atoms with Crippen LogP contribution < -0.4 is 0 Å². The van der Waals surface area contributed by atoms with E-state index in [-0.39, 0.29) is 35.9 Å². The molecule has 0 N–H and O–H groups in total. The molecule has 4 rings (SSSR count). The molecule has 0 fully saturated rings. The number of amides is 2. The van der Waals surface area contributed by atoms with Gasteiger partial charge >= 0.3 is 0 Å². The summed E-state index contributed by atoms with van der Waals surface area (Å²) < 4.78 is 0. The Bertz CT molecular complexity index is 1210. The van der Waals surface area contributed by atoms with Crippen LogP contribution in [0.15, 0.2) is 60.0 Å². The summed E-state index contributed by atoms with van der Waals surface area (Å²) >= 11 is 7.89. The maximum Gasteiger partial charge on any atom is 0.254 e. The molecule has 3 aromatic rings. The highest BCUT2D eigenvalue weighted by Gasteiger charge is 2.35. The Morgan fingerprint density at radius 3 is 2.36 bits per heavy atom. The van der Waals surface area contributed by atoms with Gasteiger partial charge in [-0.05, 0) is 77.6 Å². The summed E-state index contributed by atoms with van der Waals surface area (Å²) in [4.78, 5) is 32.4. The van der Waals surface area contributed by atoms with Crippen molar-refractivity contribution in [3.63, 3.8) is 0 Å². The molecule has 0 unspecified atom stereocenters. The fourth-order valence-corrected chi connectivity index (χ4v) is 5.78. The highest BCUT2D eigenvalue weighted by atomic mass is 35.5. The molecule has 2 aromatic carbocycles. The molecule has 4 nitrogen and oxygen atoms in total. The van der Waals surface area contributed by atoms with E-state index in [9.17, 15) is 9.59 Å². The molecule has 1 aliphatic rings. The zero-order chi connectivity index (χ0) is 26.0. The molecule has 0 bridgehead atoms. The zero-order valence-corrected chi connectivity index (χ0v) is 23.3. The smallest absolute Gasteiger partial charge is 0.254 e. The molecular formula is C30H35ClN2O2S. The van der Waals surface area contributed by atoms with Gasteiger partial charge < -0.3 is 9.80 Å². The summed E-state index contributed by atoms with van der Waals surface area (Å²) in [5.74, 6) is -0.138. The van der Waals surface area contributed by atoms with E-state index in [1.165, 1.54) is 16.0 Å². The lowest BCUT2D eigenvalue weighted by molar-refractivity contribution is -0.134. The van der Waals surface area contributed by atoms with Crippen LogP contribution in [-0.2, 0) is 16.6 Å². The van der Waals surface area contributed by atoms with Crippen molar-refractivity contribution in [3.8, 4) is 0 Å². The summed E-state index contributed by atoms with van der Waals surface area (Å²) in [5.41, 5.74) is 4.01. The summed E-state index contributed by atoms with van der Waals surface area (Å²) in [6.07, 6.45) is 1.60. The van der Waals surface area contributed by atoms with Gasteiger partial charge in [-0.3, -0.25) is 9.59 Å². The number of benzene rings is 2. The average Bonchev–Trinajstić information content (AvgIpc) is 3.35. The Balaban J connectivity index is 1.61. The standard InChI is InChI=1S/C30H35ClN2O2S/c1-6-20(2)33(29(35)22-7-11-23(12-8-22)30(3,4)5)19-27(34)32-17-15-26-25(16-18-36-26)28(32)21-9-13-24(31)14-10-21/h7-14,16,18,20,28H,6,15,17,19H2,1-5H3/t20-,28+/m1/s1. The monoisotopic (exact) mass is 522 g/mol. The van der Waals surface area contributed by atoms with E-state index < -0.39 is 0 Å². The van der Waals surface area contributed by atoms with Crippen LogP contribution in [0.25, 0.3) is 0 Å². The maximum atomic E-state index is 13.8. The van der Waals surface area contributed by atoms with Crippen LogP contribution in [-0.4, -0.2) is 40.7 Å². The normalized spacial score (nSPS) is 16.4. The van der Waals surface area contributed by atoms with Crippen molar-refractivity contribution >= 4 is 34.8 Å². The minimum Gasteiger partial charge on any atom is -0.330 e. The molecule has 2 atom stereocenters. The van der Waals surface area contributed by atoms with Gasteiger partial charge in [-0.1, -0.05) is 63.6 Å².